The first kappa shape index (κ1) is 41.6. The summed E-state index contributed by atoms with van der Waals surface area (Å²) in [6.07, 6.45) is 7.35. The molecule has 0 unspecified atom stereocenters. The highest BCUT2D eigenvalue weighted by Crippen LogP contribution is 2.36. The number of rotatable bonds is 16. The van der Waals surface area contributed by atoms with Gasteiger partial charge in [0.1, 0.15) is 0 Å². The Labute approximate surface area is 361 Å². The van der Waals surface area contributed by atoms with Gasteiger partial charge in [0.15, 0.2) is 5.78 Å². The van der Waals surface area contributed by atoms with E-state index in [1.54, 1.807) is 0 Å². The van der Waals surface area contributed by atoms with Crippen LogP contribution in [0, 0.1) is 0 Å². The predicted octanol–water partition coefficient (Wildman–Crippen LogP) is 12.8. The Hall–Kier alpha value is -7.13. The Morgan fingerprint density at radius 3 is 1.34 bits per heavy atom. The minimum atomic E-state index is -0.475. The molecule has 0 spiro atoms. The quantitative estimate of drug-likeness (QED) is 0.0317. The molecule has 0 amide bonds. The van der Waals surface area contributed by atoms with Crippen LogP contribution in [-0.4, -0.2) is 38.3 Å². The van der Waals surface area contributed by atoms with E-state index in [2.05, 4.69) is 94.0 Å². The first-order chi connectivity index (χ1) is 30.2. The highest BCUT2D eigenvalue weighted by molar-refractivity contribution is 6.17. The maximum Gasteiger partial charge on any atom is 0.331 e. The standard InChI is InChI=1S/C53H50N4O5/c1-5-7-9-17-47(54-61-35(3)58)37-21-27-41(28-22-37)57-51-31-25-39(48(18-10-8-6-2)55-62-36(4)59)33-45(51)46-34-40(26-32-52(46)57)53(60)38-23-29-42(30-24-38)56-49-19-13-11-15-43(49)44-16-12-14-20-50(44)56/h11-16,19-34H,5-10,17-18H2,1-4H3. The van der Waals surface area contributed by atoms with E-state index in [1.807, 2.05) is 72.8 Å². The molecule has 0 radical (unpaired) electrons. The van der Waals surface area contributed by atoms with E-state index >= 15 is 0 Å². The second-order valence-electron chi connectivity index (χ2n) is 15.7. The number of oxime groups is 2. The zero-order valence-electron chi connectivity index (χ0n) is 35.7. The molecule has 312 valence electrons. The van der Waals surface area contributed by atoms with Crippen molar-refractivity contribution < 1.29 is 24.1 Å². The topological polar surface area (TPSA) is 104 Å². The maximum absolute atomic E-state index is 14.4. The van der Waals surface area contributed by atoms with Gasteiger partial charge in [-0.05, 0) is 110 Å². The number of fused-ring (bicyclic) bond motifs is 6. The van der Waals surface area contributed by atoms with Gasteiger partial charge in [0.25, 0.3) is 0 Å². The van der Waals surface area contributed by atoms with Crippen LogP contribution in [0.3, 0.4) is 0 Å². The number of ketones is 1. The van der Waals surface area contributed by atoms with Crippen LogP contribution < -0.4 is 0 Å². The van der Waals surface area contributed by atoms with Gasteiger partial charge >= 0.3 is 11.9 Å². The lowest BCUT2D eigenvalue weighted by Gasteiger charge is -2.11. The number of hydrogen-bond acceptors (Lipinski definition) is 7. The van der Waals surface area contributed by atoms with Crippen LogP contribution in [0.5, 0.6) is 0 Å². The van der Waals surface area contributed by atoms with Gasteiger partial charge in [-0.3, -0.25) is 4.79 Å². The van der Waals surface area contributed by atoms with Gasteiger partial charge in [-0.2, -0.15) is 0 Å². The van der Waals surface area contributed by atoms with Crippen LogP contribution in [0.2, 0.25) is 0 Å². The summed E-state index contributed by atoms with van der Waals surface area (Å²) in [7, 11) is 0. The molecule has 0 aliphatic carbocycles. The summed E-state index contributed by atoms with van der Waals surface area (Å²) in [5.74, 6) is -1.02. The van der Waals surface area contributed by atoms with Crippen LogP contribution in [0.25, 0.3) is 55.0 Å². The van der Waals surface area contributed by atoms with E-state index in [0.29, 0.717) is 29.7 Å². The zero-order valence-corrected chi connectivity index (χ0v) is 35.7. The summed E-state index contributed by atoms with van der Waals surface area (Å²) < 4.78 is 4.43. The van der Waals surface area contributed by atoms with Gasteiger partial charge in [-0.1, -0.05) is 104 Å². The van der Waals surface area contributed by atoms with Crippen molar-refractivity contribution in [2.75, 3.05) is 0 Å². The average molecular weight is 823 g/mol. The molecular weight excluding hydrogens is 773 g/mol. The monoisotopic (exact) mass is 822 g/mol. The van der Waals surface area contributed by atoms with E-state index in [1.165, 1.54) is 24.6 Å². The molecule has 0 saturated carbocycles. The van der Waals surface area contributed by atoms with Crippen LogP contribution in [0.4, 0.5) is 0 Å². The van der Waals surface area contributed by atoms with E-state index in [-0.39, 0.29) is 5.78 Å². The number of unbranched alkanes of at least 4 members (excludes halogenated alkanes) is 4. The van der Waals surface area contributed by atoms with Crippen LogP contribution >= 0.6 is 0 Å². The Bertz CT molecular complexity index is 2950. The number of carbonyl (C=O) groups is 3. The second-order valence-corrected chi connectivity index (χ2v) is 15.7. The fourth-order valence-corrected chi connectivity index (χ4v) is 8.36. The lowest BCUT2D eigenvalue weighted by atomic mass is 9.99. The van der Waals surface area contributed by atoms with Crippen molar-refractivity contribution in [3.05, 3.63) is 156 Å². The van der Waals surface area contributed by atoms with Gasteiger partial charge in [0, 0.05) is 63.5 Å². The normalized spacial score (nSPS) is 12.1. The van der Waals surface area contributed by atoms with Crippen molar-refractivity contribution in [1.82, 2.24) is 9.13 Å². The van der Waals surface area contributed by atoms with Crippen molar-refractivity contribution in [3.8, 4) is 11.4 Å². The van der Waals surface area contributed by atoms with Crippen molar-refractivity contribution in [2.24, 2.45) is 10.3 Å². The van der Waals surface area contributed by atoms with Crippen molar-refractivity contribution >= 4 is 72.8 Å². The molecule has 62 heavy (non-hydrogen) atoms. The van der Waals surface area contributed by atoms with Gasteiger partial charge in [0.05, 0.1) is 33.5 Å². The number of carbonyl (C=O) groups excluding carboxylic acids is 3. The number of nitrogens with zero attached hydrogens (tertiary/aromatic N) is 4. The van der Waals surface area contributed by atoms with Gasteiger partial charge < -0.3 is 18.8 Å². The first-order valence-corrected chi connectivity index (χ1v) is 21.6. The Morgan fingerprint density at radius 1 is 0.452 bits per heavy atom. The Kier molecular flexibility index (Phi) is 12.5. The fourth-order valence-electron chi connectivity index (χ4n) is 8.36. The summed E-state index contributed by atoms with van der Waals surface area (Å²) in [6, 6.07) is 44.8. The number of hydrogen-bond donors (Lipinski definition) is 0. The molecule has 0 fully saturated rings. The maximum atomic E-state index is 14.4. The Balaban J connectivity index is 1.21. The highest BCUT2D eigenvalue weighted by atomic mass is 16.7. The molecule has 0 aliphatic rings. The molecule has 2 heterocycles. The minimum absolute atomic E-state index is 0.0820. The molecule has 0 atom stereocenters. The summed E-state index contributed by atoms with van der Waals surface area (Å²) >= 11 is 0. The van der Waals surface area contributed by atoms with Crippen LogP contribution in [0.1, 0.15) is 106 Å². The second kappa shape index (κ2) is 18.6. The van der Waals surface area contributed by atoms with Gasteiger partial charge in [-0.25, -0.2) is 9.59 Å². The minimum Gasteiger partial charge on any atom is -0.318 e. The average Bonchev–Trinajstić information content (AvgIpc) is 3.80. The first-order valence-electron chi connectivity index (χ1n) is 21.6. The van der Waals surface area contributed by atoms with E-state index in [4.69, 9.17) is 9.68 Å². The van der Waals surface area contributed by atoms with Gasteiger partial charge in [-0.15, -0.1) is 0 Å². The molecule has 8 aromatic rings. The van der Waals surface area contributed by atoms with Crippen LogP contribution in [0.15, 0.2) is 144 Å². The summed E-state index contributed by atoms with van der Waals surface area (Å²) in [6.45, 7) is 7.00. The molecule has 6 aromatic carbocycles. The highest BCUT2D eigenvalue weighted by Gasteiger charge is 2.19. The third kappa shape index (κ3) is 8.57. The van der Waals surface area contributed by atoms with Crippen LogP contribution in [-0.2, 0) is 19.3 Å². The smallest absolute Gasteiger partial charge is 0.318 e. The zero-order chi connectivity index (χ0) is 43.2. The van der Waals surface area contributed by atoms with Crippen molar-refractivity contribution in [2.45, 2.75) is 79.1 Å². The predicted molar refractivity (Wildman–Crippen MR) is 250 cm³/mol. The SMILES string of the molecule is CCCCCC(=NOC(C)=O)c1ccc(-n2c3ccc(C(=O)c4ccc(-n5c6ccccc6c6ccccc65)cc4)cc3c3cc(C(CCCCC)=NOC(C)=O)ccc32)cc1. The summed E-state index contributed by atoms with van der Waals surface area (Å²) in [5, 5.41) is 12.7. The molecule has 8 rings (SSSR count). The largest absolute Gasteiger partial charge is 0.331 e. The molecular formula is C53H50N4O5. The molecule has 2 aromatic heterocycles. The third-order valence-corrected chi connectivity index (χ3v) is 11.4. The molecule has 0 aliphatic heterocycles. The molecule has 0 N–H and O–H groups in total. The molecule has 0 saturated heterocycles. The number of aromatic nitrogens is 2. The van der Waals surface area contributed by atoms with Crippen molar-refractivity contribution in [1.29, 1.82) is 0 Å². The summed E-state index contributed by atoms with van der Waals surface area (Å²) in [4.78, 5) is 48.2. The molecule has 0 bridgehead atoms. The number of benzene rings is 6. The summed E-state index contributed by atoms with van der Waals surface area (Å²) in [5.41, 5.74) is 10.3. The third-order valence-electron chi connectivity index (χ3n) is 11.4. The van der Waals surface area contributed by atoms with E-state index in [9.17, 15) is 14.4 Å². The fraction of sp³-hybridized carbons (Fsp3) is 0.226. The molecule has 9 heteroatoms. The Morgan fingerprint density at radius 2 is 0.855 bits per heavy atom. The lowest BCUT2D eigenvalue weighted by molar-refractivity contribution is -0.141. The van der Waals surface area contributed by atoms with E-state index in [0.717, 1.165) is 99.6 Å². The van der Waals surface area contributed by atoms with E-state index < -0.39 is 11.9 Å². The lowest BCUT2D eigenvalue weighted by Crippen LogP contribution is -2.05. The molecule has 9 nitrogen and oxygen atoms in total. The van der Waals surface area contributed by atoms with Crippen molar-refractivity contribution in [3.63, 3.8) is 0 Å². The van der Waals surface area contributed by atoms with Gasteiger partial charge in [0.2, 0.25) is 0 Å². The number of para-hydroxylation sites is 2.